The predicted molar refractivity (Wildman–Crippen MR) is 51.3 cm³/mol. The SMILES string of the molecule is CCC(CO)C(=O)N1CCCCC1. The summed E-state index contributed by atoms with van der Waals surface area (Å²) in [5.74, 6) is -0.0252. The Morgan fingerprint density at radius 3 is 2.46 bits per heavy atom. The van der Waals surface area contributed by atoms with Gasteiger partial charge >= 0.3 is 0 Å². The first kappa shape index (κ1) is 10.5. The molecule has 0 aromatic carbocycles. The molecule has 1 amide bonds. The molecular weight excluding hydrogens is 166 g/mol. The summed E-state index contributed by atoms with van der Waals surface area (Å²) in [5.41, 5.74) is 0. The number of likely N-dealkylation sites (tertiary alicyclic amines) is 1. The lowest BCUT2D eigenvalue weighted by molar-refractivity contribution is -0.137. The molecule has 3 heteroatoms. The highest BCUT2D eigenvalue weighted by atomic mass is 16.3. The van der Waals surface area contributed by atoms with Crippen LogP contribution < -0.4 is 0 Å². The summed E-state index contributed by atoms with van der Waals surface area (Å²) in [6.07, 6.45) is 4.22. The molecule has 1 aliphatic rings. The zero-order valence-corrected chi connectivity index (χ0v) is 8.33. The Morgan fingerprint density at radius 2 is 2.00 bits per heavy atom. The van der Waals surface area contributed by atoms with Crippen molar-refractivity contribution in [2.75, 3.05) is 19.7 Å². The normalized spacial score (nSPS) is 20.0. The number of carbonyl (C=O) groups is 1. The molecule has 13 heavy (non-hydrogen) atoms. The molecule has 1 heterocycles. The second-order valence-electron chi connectivity index (χ2n) is 3.67. The Bertz CT molecular complexity index is 160. The monoisotopic (exact) mass is 185 g/mol. The van der Waals surface area contributed by atoms with E-state index < -0.39 is 0 Å². The van der Waals surface area contributed by atoms with Gasteiger partial charge in [-0.15, -0.1) is 0 Å². The summed E-state index contributed by atoms with van der Waals surface area (Å²) in [6, 6.07) is 0. The smallest absolute Gasteiger partial charge is 0.227 e. The van der Waals surface area contributed by atoms with Crippen molar-refractivity contribution in [3.8, 4) is 0 Å². The Hall–Kier alpha value is -0.570. The fourth-order valence-corrected chi connectivity index (χ4v) is 1.75. The number of nitrogens with zero attached hydrogens (tertiary/aromatic N) is 1. The standard InChI is InChI=1S/C10H19NO2/c1-2-9(8-12)10(13)11-6-4-3-5-7-11/h9,12H,2-8H2,1H3. The number of hydrogen-bond donors (Lipinski definition) is 1. The quantitative estimate of drug-likeness (QED) is 0.713. The van der Waals surface area contributed by atoms with E-state index in [2.05, 4.69) is 0 Å². The summed E-state index contributed by atoms with van der Waals surface area (Å²) in [7, 11) is 0. The maximum absolute atomic E-state index is 11.7. The number of aliphatic hydroxyl groups excluding tert-OH is 1. The highest BCUT2D eigenvalue weighted by Gasteiger charge is 2.23. The first-order valence-corrected chi connectivity index (χ1v) is 5.19. The van der Waals surface area contributed by atoms with Crippen molar-refractivity contribution in [3.05, 3.63) is 0 Å². The predicted octanol–water partition coefficient (Wildman–Crippen LogP) is 1.02. The molecule has 3 nitrogen and oxygen atoms in total. The molecule has 0 bridgehead atoms. The van der Waals surface area contributed by atoms with Gasteiger partial charge in [0.1, 0.15) is 0 Å². The largest absolute Gasteiger partial charge is 0.396 e. The average Bonchev–Trinajstić information content (AvgIpc) is 2.21. The number of aliphatic hydroxyl groups is 1. The van der Waals surface area contributed by atoms with Gasteiger partial charge in [0, 0.05) is 13.1 Å². The van der Waals surface area contributed by atoms with Crippen LogP contribution in [0, 0.1) is 5.92 Å². The van der Waals surface area contributed by atoms with Crippen LogP contribution in [0.2, 0.25) is 0 Å². The molecule has 0 radical (unpaired) electrons. The van der Waals surface area contributed by atoms with E-state index in [0.717, 1.165) is 32.4 Å². The average molecular weight is 185 g/mol. The van der Waals surface area contributed by atoms with E-state index in [1.807, 2.05) is 11.8 Å². The molecular formula is C10H19NO2. The zero-order chi connectivity index (χ0) is 9.68. The van der Waals surface area contributed by atoms with Crippen LogP contribution in [-0.4, -0.2) is 35.6 Å². The molecule has 1 atom stereocenters. The third kappa shape index (κ3) is 2.69. The first-order chi connectivity index (χ1) is 6.29. The number of rotatable bonds is 3. The summed E-state index contributed by atoms with van der Waals surface area (Å²) >= 11 is 0. The maximum Gasteiger partial charge on any atom is 0.227 e. The third-order valence-electron chi connectivity index (χ3n) is 2.73. The lowest BCUT2D eigenvalue weighted by Crippen LogP contribution is -2.40. The van der Waals surface area contributed by atoms with E-state index in [9.17, 15) is 4.79 Å². The van der Waals surface area contributed by atoms with Crippen molar-refractivity contribution in [3.63, 3.8) is 0 Å². The highest BCUT2D eigenvalue weighted by molar-refractivity contribution is 5.78. The maximum atomic E-state index is 11.7. The Kier molecular flexibility index (Phi) is 4.22. The minimum atomic E-state index is -0.168. The molecule has 0 saturated carbocycles. The van der Waals surface area contributed by atoms with E-state index in [4.69, 9.17) is 5.11 Å². The number of carbonyl (C=O) groups excluding carboxylic acids is 1. The topological polar surface area (TPSA) is 40.5 Å². The molecule has 1 aliphatic heterocycles. The van der Waals surface area contributed by atoms with Gasteiger partial charge in [-0.05, 0) is 25.7 Å². The highest BCUT2D eigenvalue weighted by Crippen LogP contribution is 2.13. The first-order valence-electron chi connectivity index (χ1n) is 5.19. The van der Waals surface area contributed by atoms with Crippen LogP contribution in [0.5, 0.6) is 0 Å². The Labute approximate surface area is 79.7 Å². The Balaban J connectivity index is 2.44. The molecule has 0 spiro atoms. The van der Waals surface area contributed by atoms with Gasteiger partial charge < -0.3 is 10.0 Å². The van der Waals surface area contributed by atoms with Crippen LogP contribution in [0.15, 0.2) is 0 Å². The van der Waals surface area contributed by atoms with E-state index in [1.54, 1.807) is 0 Å². The summed E-state index contributed by atoms with van der Waals surface area (Å²) < 4.78 is 0. The molecule has 0 aromatic rings. The van der Waals surface area contributed by atoms with Crippen LogP contribution in [0.3, 0.4) is 0 Å². The molecule has 76 valence electrons. The van der Waals surface area contributed by atoms with Gasteiger partial charge in [0.2, 0.25) is 5.91 Å². The van der Waals surface area contributed by atoms with Gasteiger partial charge in [-0.2, -0.15) is 0 Å². The second kappa shape index (κ2) is 5.22. The molecule has 1 fully saturated rings. The summed E-state index contributed by atoms with van der Waals surface area (Å²) in [4.78, 5) is 13.6. The van der Waals surface area contributed by atoms with Gasteiger partial charge in [0.15, 0.2) is 0 Å². The second-order valence-corrected chi connectivity index (χ2v) is 3.67. The van der Waals surface area contributed by atoms with Crippen molar-refractivity contribution >= 4 is 5.91 Å². The summed E-state index contributed by atoms with van der Waals surface area (Å²) in [5, 5.41) is 8.98. The Morgan fingerprint density at radius 1 is 1.38 bits per heavy atom. The van der Waals surface area contributed by atoms with E-state index in [-0.39, 0.29) is 18.4 Å². The fourth-order valence-electron chi connectivity index (χ4n) is 1.75. The number of amides is 1. The van der Waals surface area contributed by atoms with E-state index in [1.165, 1.54) is 6.42 Å². The molecule has 1 saturated heterocycles. The molecule has 1 N–H and O–H groups in total. The van der Waals surface area contributed by atoms with Gasteiger partial charge in [0.25, 0.3) is 0 Å². The van der Waals surface area contributed by atoms with Crippen molar-refractivity contribution < 1.29 is 9.90 Å². The minimum absolute atomic E-state index is 0.00810. The molecule has 1 rings (SSSR count). The third-order valence-corrected chi connectivity index (χ3v) is 2.73. The zero-order valence-electron chi connectivity index (χ0n) is 8.33. The van der Waals surface area contributed by atoms with Crippen molar-refractivity contribution in [2.45, 2.75) is 32.6 Å². The van der Waals surface area contributed by atoms with Crippen molar-refractivity contribution in [1.29, 1.82) is 0 Å². The van der Waals surface area contributed by atoms with Crippen molar-refractivity contribution in [2.24, 2.45) is 5.92 Å². The van der Waals surface area contributed by atoms with Gasteiger partial charge in [-0.1, -0.05) is 6.92 Å². The van der Waals surface area contributed by atoms with E-state index >= 15 is 0 Å². The van der Waals surface area contributed by atoms with Crippen LogP contribution in [0.25, 0.3) is 0 Å². The van der Waals surface area contributed by atoms with Gasteiger partial charge in [0.05, 0.1) is 12.5 Å². The fraction of sp³-hybridized carbons (Fsp3) is 0.900. The van der Waals surface area contributed by atoms with Crippen LogP contribution in [0.1, 0.15) is 32.6 Å². The van der Waals surface area contributed by atoms with Crippen molar-refractivity contribution in [1.82, 2.24) is 4.90 Å². The lowest BCUT2D eigenvalue weighted by atomic mass is 10.0. The van der Waals surface area contributed by atoms with E-state index in [0.29, 0.717) is 0 Å². The van der Waals surface area contributed by atoms with Crippen LogP contribution in [0.4, 0.5) is 0 Å². The van der Waals surface area contributed by atoms with Crippen LogP contribution in [-0.2, 0) is 4.79 Å². The number of piperidine rings is 1. The van der Waals surface area contributed by atoms with Crippen LogP contribution >= 0.6 is 0 Å². The molecule has 0 aliphatic carbocycles. The summed E-state index contributed by atoms with van der Waals surface area (Å²) in [6.45, 7) is 3.71. The molecule has 0 aromatic heterocycles. The van der Waals surface area contributed by atoms with Gasteiger partial charge in [-0.3, -0.25) is 4.79 Å². The van der Waals surface area contributed by atoms with Gasteiger partial charge in [-0.25, -0.2) is 0 Å². The molecule has 1 unspecified atom stereocenters. The minimum Gasteiger partial charge on any atom is -0.396 e. The number of hydrogen-bond acceptors (Lipinski definition) is 2. The lowest BCUT2D eigenvalue weighted by Gasteiger charge is -2.29.